The molecule has 0 aromatic carbocycles. The number of anilines is 1. The Morgan fingerprint density at radius 3 is 3.44 bits per heavy atom. The lowest BCUT2D eigenvalue weighted by atomic mass is 10.1. The van der Waals surface area contributed by atoms with Crippen LogP contribution in [-0.4, -0.2) is 37.3 Å². The van der Waals surface area contributed by atoms with Crippen molar-refractivity contribution in [3.05, 3.63) is 16.7 Å². The Balaban J connectivity index is 2.00. The molecule has 0 spiro atoms. The van der Waals surface area contributed by atoms with Crippen molar-refractivity contribution in [1.82, 2.24) is 10.3 Å². The first-order valence-electron chi connectivity index (χ1n) is 5.60. The third-order valence-electron chi connectivity index (χ3n) is 3.13. The maximum atomic E-state index is 5.76. The number of ether oxygens (including phenoxy) is 1. The van der Waals surface area contributed by atoms with Gasteiger partial charge in [-0.2, -0.15) is 0 Å². The first-order chi connectivity index (χ1) is 7.84. The summed E-state index contributed by atoms with van der Waals surface area (Å²) in [6, 6.07) is 2.52. The number of pyridine rings is 1. The van der Waals surface area contributed by atoms with E-state index in [4.69, 9.17) is 4.74 Å². The molecule has 3 rings (SSSR count). The molecule has 86 valence electrons. The van der Waals surface area contributed by atoms with Crippen LogP contribution in [0.5, 0.6) is 5.75 Å². The number of nitrogens with zero attached hydrogens (tertiary/aromatic N) is 2. The molecule has 1 unspecified atom stereocenters. The number of aromatic nitrogens is 1. The molecule has 0 aliphatic carbocycles. The first-order valence-corrected chi connectivity index (χ1v) is 6.39. The van der Waals surface area contributed by atoms with Gasteiger partial charge in [0.1, 0.15) is 0 Å². The minimum atomic E-state index is 0.517. The van der Waals surface area contributed by atoms with E-state index in [0.29, 0.717) is 6.04 Å². The summed E-state index contributed by atoms with van der Waals surface area (Å²) < 4.78 is 6.73. The lowest BCUT2D eigenvalue weighted by molar-refractivity contribution is 0.303. The van der Waals surface area contributed by atoms with Gasteiger partial charge < -0.3 is 15.0 Å². The van der Waals surface area contributed by atoms with Crippen molar-refractivity contribution in [3.63, 3.8) is 0 Å². The molecule has 2 aliphatic heterocycles. The van der Waals surface area contributed by atoms with Gasteiger partial charge in [0.25, 0.3) is 0 Å². The van der Waals surface area contributed by atoms with Gasteiger partial charge >= 0.3 is 0 Å². The van der Waals surface area contributed by atoms with Crippen LogP contribution in [-0.2, 0) is 0 Å². The van der Waals surface area contributed by atoms with E-state index >= 15 is 0 Å². The Morgan fingerprint density at radius 1 is 1.56 bits per heavy atom. The van der Waals surface area contributed by atoms with Gasteiger partial charge in [0.05, 0.1) is 6.61 Å². The Hall–Kier alpha value is -0.810. The van der Waals surface area contributed by atoms with Crippen molar-refractivity contribution < 1.29 is 4.74 Å². The van der Waals surface area contributed by atoms with Crippen LogP contribution in [0.4, 0.5) is 5.82 Å². The predicted molar refractivity (Wildman–Crippen MR) is 66.1 cm³/mol. The van der Waals surface area contributed by atoms with Gasteiger partial charge in [-0.05, 0) is 22.0 Å². The Morgan fingerprint density at radius 2 is 2.50 bits per heavy atom. The molecule has 0 amide bonds. The van der Waals surface area contributed by atoms with E-state index < -0.39 is 0 Å². The highest BCUT2D eigenvalue weighted by Gasteiger charge is 2.28. The molecule has 3 heterocycles. The van der Waals surface area contributed by atoms with Gasteiger partial charge in [0, 0.05) is 42.8 Å². The number of rotatable bonds is 0. The number of halogens is 1. The van der Waals surface area contributed by atoms with Crippen molar-refractivity contribution >= 4 is 21.7 Å². The quantitative estimate of drug-likeness (QED) is 0.781. The zero-order valence-electron chi connectivity index (χ0n) is 8.95. The van der Waals surface area contributed by atoms with Crippen molar-refractivity contribution in [1.29, 1.82) is 0 Å². The fourth-order valence-electron chi connectivity index (χ4n) is 2.34. The maximum absolute atomic E-state index is 5.76. The molecular formula is C11H14BrN3O. The lowest BCUT2D eigenvalue weighted by Gasteiger charge is -2.35. The van der Waals surface area contributed by atoms with Gasteiger partial charge in [-0.25, -0.2) is 4.98 Å². The Kier molecular flexibility index (Phi) is 2.73. The number of fused-ring (bicyclic) bond motifs is 3. The highest BCUT2D eigenvalue weighted by atomic mass is 79.9. The molecule has 1 aromatic rings. The standard InChI is InChI=1S/C11H14BrN3O/c12-8-5-10-11(14-6-8)15-3-2-13-7-9(15)1-4-16-10/h5-6,9,13H,1-4,7H2. The normalized spacial score (nSPS) is 24.1. The summed E-state index contributed by atoms with van der Waals surface area (Å²) in [5.74, 6) is 1.89. The molecule has 5 heteroatoms. The van der Waals surface area contributed by atoms with Crippen LogP contribution < -0.4 is 15.0 Å². The summed E-state index contributed by atoms with van der Waals surface area (Å²) in [5, 5.41) is 3.42. The largest absolute Gasteiger partial charge is 0.490 e. The monoisotopic (exact) mass is 283 g/mol. The van der Waals surface area contributed by atoms with Crippen LogP contribution in [0.25, 0.3) is 0 Å². The van der Waals surface area contributed by atoms with Crippen molar-refractivity contribution in [2.45, 2.75) is 12.5 Å². The Labute approximate surface area is 103 Å². The summed E-state index contributed by atoms with van der Waals surface area (Å²) in [4.78, 5) is 6.86. The van der Waals surface area contributed by atoms with Crippen molar-refractivity contribution in [2.75, 3.05) is 31.1 Å². The minimum Gasteiger partial charge on any atom is -0.490 e. The summed E-state index contributed by atoms with van der Waals surface area (Å²) in [6.45, 7) is 3.83. The zero-order valence-corrected chi connectivity index (χ0v) is 10.5. The van der Waals surface area contributed by atoms with Crippen LogP contribution in [0.15, 0.2) is 16.7 Å². The molecule has 0 radical (unpaired) electrons. The first kappa shape index (κ1) is 10.4. The van der Waals surface area contributed by atoms with Crippen LogP contribution >= 0.6 is 15.9 Å². The SMILES string of the molecule is Brc1cnc2c(c1)OCCC1CNCCN21. The molecule has 1 fully saturated rings. The van der Waals surface area contributed by atoms with Crippen LogP contribution in [0.1, 0.15) is 6.42 Å². The predicted octanol–water partition coefficient (Wildman–Crippen LogP) is 1.40. The molecule has 1 saturated heterocycles. The third kappa shape index (κ3) is 1.78. The fraction of sp³-hybridized carbons (Fsp3) is 0.545. The van der Waals surface area contributed by atoms with Crippen LogP contribution in [0.2, 0.25) is 0 Å². The Bertz CT molecular complexity index is 399. The van der Waals surface area contributed by atoms with Gasteiger partial charge in [-0.1, -0.05) is 0 Å². The number of hydrogen-bond acceptors (Lipinski definition) is 4. The second kappa shape index (κ2) is 4.22. The third-order valence-corrected chi connectivity index (χ3v) is 3.56. The minimum absolute atomic E-state index is 0.517. The smallest absolute Gasteiger partial charge is 0.171 e. The molecule has 1 atom stereocenters. The molecule has 16 heavy (non-hydrogen) atoms. The van der Waals surface area contributed by atoms with E-state index in [0.717, 1.165) is 48.7 Å². The topological polar surface area (TPSA) is 37.4 Å². The molecular weight excluding hydrogens is 270 g/mol. The van der Waals surface area contributed by atoms with Crippen LogP contribution in [0.3, 0.4) is 0 Å². The fourth-order valence-corrected chi connectivity index (χ4v) is 2.65. The maximum Gasteiger partial charge on any atom is 0.171 e. The van der Waals surface area contributed by atoms with Crippen molar-refractivity contribution in [2.24, 2.45) is 0 Å². The molecule has 0 bridgehead atoms. The highest BCUT2D eigenvalue weighted by molar-refractivity contribution is 9.10. The average molecular weight is 284 g/mol. The van der Waals surface area contributed by atoms with Gasteiger partial charge in [0.2, 0.25) is 0 Å². The zero-order chi connectivity index (χ0) is 11.0. The van der Waals surface area contributed by atoms with E-state index in [1.165, 1.54) is 0 Å². The van der Waals surface area contributed by atoms with Gasteiger partial charge in [-0.3, -0.25) is 0 Å². The summed E-state index contributed by atoms with van der Waals surface area (Å²) >= 11 is 3.43. The number of hydrogen-bond donors (Lipinski definition) is 1. The van der Waals surface area contributed by atoms with E-state index in [2.05, 4.69) is 31.1 Å². The summed E-state index contributed by atoms with van der Waals surface area (Å²) in [6.07, 6.45) is 2.90. The van der Waals surface area contributed by atoms with Crippen molar-refractivity contribution in [3.8, 4) is 5.75 Å². The average Bonchev–Trinajstić information content (AvgIpc) is 2.47. The summed E-state index contributed by atoms with van der Waals surface area (Å²) in [7, 11) is 0. The van der Waals surface area contributed by atoms with Gasteiger partial charge in [0.15, 0.2) is 11.6 Å². The lowest BCUT2D eigenvalue weighted by Crippen LogP contribution is -2.51. The van der Waals surface area contributed by atoms with Crippen LogP contribution in [0, 0.1) is 0 Å². The van der Waals surface area contributed by atoms with E-state index in [1.54, 1.807) is 0 Å². The molecule has 4 nitrogen and oxygen atoms in total. The van der Waals surface area contributed by atoms with Gasteiger partial charge in [-0.15, -0.1) is 0 Å². The molecule has 0 saturated carbocycles. The molecule has 2 aliphatic rings. The molecule has 1 N–H and O–H groups in total. The second-order valence-electron chi connectivity index (χ2n) is 4.16. The van der Waals surface area contributed by atoms with E-state index in [9.17, 15) is 0 Å². The highest BCUT2D eigenvalue weighted by Crippen LogP contribution is 2.33. The van der Waals surface area contributed by atoms with E-state index in [1.807, 2.05) is 12.3 Å². The molecule has 1 aromatic heterocycles. The van der Waals surface area contributed by atoms with E-state index in [-0.39, 0.29) is 0 Å². The summed E-state index contributed by atoms with van der Waals surface area (Å²) in [5.41, 5.74) is 0. The number of nitrogens with one attached hydrogen (secondary N) is 1. The number of piperazine rings is 1. The second-order valence-corrected chi connectivity index (χ2v) is 5.08.